The maximum absolute atomic E-state index is 8.32. The molecule has 0 aromatic carbocycles. The van der Waals surface area contributed by atoms with E-state index in [-0.39, 0.29) is 16.7 Å². The number of thiol groups is 2. The summed E-state index contributed by atoms with van der Waals surface area (Å²) < 4.78 is 3.06. The van der Waals surface area contributed by atoms with Crippen LogP contribution in [-0.4, -0.2) is 24.0 Å². The summed E-state index contributed by atoms with van der Waals surface area (Å²) in [7, 11) is -0.300. The highest BCUT2D eigenvalue weighted by Crippen LogP contribution is 2.22. The van der Waals surface area contributed by atoms with Gasteiger partial charge < -0.3 is 5.11 Å². The molecular weight excluding hydrogens is 142 g/mol. The smallest absolute Gasteiger partial charge is 0.0564 e. The molecule has 2 N–H and O–H groups in total. The van der Waals surface area contributed by atoms with Gasteiger partial charge in [0.2, 0.25) is 0 Å². The molecular formula is C4H13NOS2. The molecule has 1 atom stereocenters. The van der Waals surface area contributed by atoms with Crippen molar-refractivity contribution in [3.8, 4) is 0 Å². The van der Waals surface area contributed by atoms with Gasteiger partial charge in [0.15, 0.2) is 0 Å². The lowest BCUT2D eigenvalue weighted by Crippen LogP contribution is -2.12. The van der Waals surface area contributed by atoms with E-state index >= 15 is 0 Å². The quantitative estimate of drug-likeness (QED) is 0.349. The molecule has 0 heterocycles. The molecule has 1 unspecified atom stereocenters. The number of rotatable bonds is 4. The second-order valence-electron chi connectivity index (χ2n) is 1.35. The van der Waals surface area contributed by atoms with Crippen molar-refractivity contribution < 1.29 is 5.11 Å². The van der Waals surface area contributed by atoms with Crippen LogP contribution in [0.2, 0.25) is 0 Å². The molecule has 0 bridgehead atoms. The van der Waals surface area contributed by atoms with Crippen molar-refractivity contribution in [2.24, 2.45) is 0 Å². The predicted octanol–water partition coefficient (Wildman–Crippen LogP) is 0.349. The van der Waals surface area contributed by atoms with Crippen molar-refractivity contribution >= 4 is 21.8 Å². The fourth-order valence-electron chi connectivity index (χ4n) is 0.291. The number of hydrogen-bond acceptors (Lipinski definition) is 3. The normalized spacial score (nSPS) is 16.1. The summed E-state index contributed by atoms with van der Waals surface area (Å²) in [5.74, 6) is 1.05. The third-order valence-electron chi connectivity index (χ3n) is 0.706. The standard InChI is InChI=1S/C4H13NOS2/c1-2-8(7)5-3-4-6/h5-8H,2-4H2,1H3. The average Bonchev–Trinajstić information content (AvgIpc) is 1.83. The zero-order chi connectivity index (χ0) is 6.41. The first kappa shape index (κ1) is 8.62. The summed E-state index contributed by atoms with van der Waals surface area (Å²) in [6.07, 6.45) is 0. The molecule has 0 amide bonds. The predicted molar refractivity (Wildman–Crippen MR) is 43.6 cm³/mol. The lowest BCUT2D eigenvalue weighted by molar-refractivity contribution is 0.302. The van der Waals surface area contributed by atoms with Gasteiger partial charge in [-0.1, -0.05) is 6.92 Å². The van der Waals surface area contributed by atoms with Crippen molar-refractivity contribution in [1.82, 2.24) is 4.72 Å². The van der Waals surface area contributed by atoms with Gasteiger partial charge in [0.05, 0.1) is 6.61 Å². The minimum Gasteiger partial charge on any atom is -0.395 e. The van der Waals surface area contributed by atoms with Gasteiger partial charge in [0.1, 0.15) is 0 Å². The number of nitrogens with one attached hydrogen (secondary N) is 1. The minimum absolute atomic E-state index is 0.208. The Morgan fingerprint density at radius 1 is 1.75 bits per heavy atom. The summed E-state index contributed by atoms with van der Waals surface area (Å²) >= 11 is 4.21. The van der Waals surface area contributed by atoms with Crippen LogP contribution in [0.3, 0.4) is 0 Å². The van der Waals surface area contributed by atoms with Crippen LogP contribution < -0.4 is 4.72 Å². The van der Waals surface area contributed by atoms with Gasteiger partial charge >= 0.3 is 0 Å². The topological polar surface area (TPSA) is 32.3 Å². The summed E-state index contributed by atoms with van der Waals surface area (Å²) in [5, 5.41) is 8.32. The lowest BCUT2D eigenvalue weighted by Gasteiger charge is -2.12. The Bertz CT molecular complexity index is 53.3. The molecule has 0 spiro atoms. The van der Waals surface area contributed by atoms with Gasteiger partial charge in [-0.15, -0.1) is 11.7 Å². The van der Waals surface area contributed by atoms with Gasteiger partial charge in [-0.2, -0.15) is 10.1 Å². The molecule has 4 heteroatoms. The Morgan fingerprint density at radius 3 is 2.75 bits per heavy atom. The molecule has 0 aliphatic rings. The Balaban J connectivity index is 2.86. The first-order chi connectivity index (χ1) is 3.81. The summed E-state index contributed by atoms with van der Waals surface area (Å²) in [4.78, 5) is 0. The van der Waals surface area contributed by atoms with Crippen molar-refractivity contribution in [2.75, 3.05) is 18.9 Å². The van der Waals surface area contributed by atoms with E-state index in [1.54, 1.807) is 0 Å². The number of aliphatic hydroxyl groups is 1. The van der Waals surface area contributed by atoms with E-state index < -0.39 is 0 Å². The fourth-order valence-corrected chi connectivity index (χ4v) is 1.17. The highest BCUT2D eigenvalue weighted by atomic mass is 33.1. The zero-order valence-corrected chi connectivity index (χ0v) is 6.75. The maximum Gasteiger partial charge on any atom is 0.0564 e. The maximum atomic E-state index is 8.32. The van der Waals surface area contributed by atoms with Crippen LogP contribution in [0, 0.1) is 0 Å². The molecule has 0 aliphatic heterocycles. The van der Waals surface area contributed by atoms with Crippen LogP contribution >= 0.6 is 21.8 Å². The van der Waals surface area contributed by atoms with Gasteiger partial charge in [0.25, 0.3) is 0 Å². The summed E-state index contributed by atoms with van der Waals surface area (Å²) in [6.45, 7) is 2.95. The van der Waals surface area contributed by atoms with Crippen molar-refractivity contribution in [1.29, 1.82) is 0 Å². The van der Waals surface area contributed by atoms with Crippen LogP contribution in [0.25, 0.3) is 0 Å². The Labute approximate surface area is 58.0 Å². The second kappa shape index (κ2) is 5.75. The second-order valence-corrected chi connectivity index (χ2v) is 4.54. The monoisotopic (exact) mass is 155 g/mol. The van der Waals surface area contributed by atoms with Crippen LogP contribution in [-0.2, 0) is 0 Å². The molecule has 0 aliphatic carbocycles. The van der Waals surface area contributed by atoms with E-state index in [1.807, 2.05) is 0 Å². The Kier molecular flexibility index (Phi) is 6.20. The van der Waals surface area contributed by atoms with E-state index in [2.05, 4.69) is 23.3 Å². The van der Waals surface area contributed by atoms with Gasteiger partial charge in [-0.25, -0.2) is 0 Å². The lowest BCUT2D eigenvalue weighted by atomic mass is 10.8. The third kappa shape index (κ3) is 4.77. The molecule has 0 aromatic rings. The van der Waals surface area contributed by atoms with Gasteiger partial charge in [0, 0.05) is 6.54 Å². The SMILES string of the molecule is CC[SH](S)NCCO. The molecule has 0 fully saturated rings. The average molecular weight is 155 g/mol. The minimum atomic E-state index is -0.300. The van der Waals surface area contributed by atoms with E-state index in [1.165, 1.54) is 0 Å². The highest BCUT2D eigenvalue weighted by molar-refractivity contribution is 8.77. The molecule has 52 valence electrons. The third-order valence-corrected chi connectivity index (χ3v) is 3.17. The Hall–Kier alpha value is 0.620. The molecule has 2 nitrogen and oxygen atoms in total. The molecule has 0 rings (SSSR count). The molecule has 0 aromatic heterocycles. The van der Waals surface area contributed by atoms with Crippen LogP contribution in [0.5, 0.6) is 0 Å². The van der Waals surface area contributed by atoms with E-state index in [4.69, 9.17) is 5.11 Å². The molecule has 0 saturated heterocycles. The first-order valence-corrected chi connectivity index (χ1v) is 5.30. The van der Waals surface area contributed by atoms with E-state index in [9.17, 15) is 0 Å². The van der Waals surface area contributed by atoms with Crippen molar-refractivity contribution in [3.63, 3.8) is 0 Å². The molecule has 8 heavy (non-hydrogen) atoms. The number of aliphatic hydroxyl groups excluding tert-OH is 1. The Morgan fingerprint density at radius 2 is 2.38 bits per heavy atom. The van der Waals surface area contributed by atoms with Crippen LogP contribution in [0.1, 0.15) is 6.92 Å². The summed E-state index contributed by atoms with van der Waals surface area (Å²) in [5.41, 5.74) is 0. The highest BCUT2D eigenvalue weighted by Gasteiger charge is 1.88. The first-order valence-electron chi connectivity index (χ1n) is 2.62. The number of hydrogen-bond donors (Lipinski definition) is 4. The van der Waals surface area contributed by atoms with Crippen LogP contribution in [0.4, 0.5) is 0 Å². The summed E-state index contributed by atoms with van der Waals surface area (Å²) in [6, 6.07) is 0. The molecule has 0 saturated carbocycles. The van der Waals surface area contributed by atoms with E-state index in [0.29, 0.717) is 6.54 Å². The van der Waals surface area contributed by atoms with E-state index in [0.717, 1.165) is 5.75 Å². The molecule has 0 radical (unpaired) electrons. The fraction of sp³-hybridized carbons (Fsp3) is 1.00. The van der Waals surface area contributed by atoms with Gasteiger partial charge in [-0.05, 0) is 5.75 Å². The van der Waals surface area contributed by atoms with Crippen LogP contribution in [0.15, 0.2) is 0 Å². The van der Waals surface area contributed by atoms with Crippen molar-refractivity contribution in [2.45, 2.75) is 6.92 Å². The largest absolute Gasteiger partial charge is 0.395 e. The van der Waals surface area contributed by atoms with Crippen molar-refractivity contribution in [3.05, 3.63) is 0 Å². The van der Waals surface area contributed by atoms with Gasteiger partial charge in [-0.3, -0.25) is 4.72 Å². The zero-order valence-electron chi connectivity index (χ0n) is 4.96.